The molecule has 2 atom stereocenters. The van der Waals surface area contributed by atoms with Crippen LogP contribution in [0.2, 0.25) is 0 Å². The average Bonchev–Trinajstić information content (AvgIpc) is 3.68. The predicted molar refractivity (Wildman–Crippen MR) is 221 cm³/mol. The number of unbranched alkanes of at least 4 members (excludes halogenated alkanes) is 8. The number of hydrogen-bond donors (Lipinski definition) is 2. The minimum atomic E-state index is -4.45. The Morgan fingerprint density at radius 2 is 0.891 bits per heavy atom. The largest absolute Gasteiger partial charge is 2.00 e. The fourth-order valence-electron chi connectivity index (χ4n) is 7.21. The predicted octanol–water partition coefficient (Wildman–Crippen LogP) is 9.04. The molecule has 4 aromatic rings. The number of rotatable bonds is 18. The molecule has 0 amide bonds. The van der Waals surface area contributed by atoms with E-state index in [1.54, 1.807) is 12.1 Å². The van der Waals surface area contributed by atoms with Crippen molar-refractivity contribution in [1.82, 2.24) is 0 Å². The normalized spacial score (nSPS) is 15.9. The zero-order valence-corrected chi connectivity index (χ0v) is 36.0. The first-order valence-electron chi connectivity index (χ1n) is 19.3. The fourth-order valence-corrected chi connectivity index (χ4v) is 8.21. The summed E-state index contributed by atoms with van der Waals surface area (Å²) >= 11 is 0. The van der Waals surface area contributed by atoms with Crippen molar-refractivity contribution < 1.29 is 25.9 Å². The van der Waals surface area contributed by atoms with E-state index in [9.17, 15) is 25.9 Å². The third-order valence-corrected chi connectivity index (χ3v) is 11.7. The Balaban J connectivity index is 0.000000240. The minimum Gasteiger partial charge on any atom is -0.744 e. The van der Waals surface area contributed by atoms with Crippen LogP contribution in [0.1, 0.15) is 102 Å². The van der Waals surface area contributed by atoms with E-state index in [0.29, 0.717) is 0 Å². The van der Waals surface area contributed by atoms with Crippen molar-refractivity contribution in [1.29, 1.82) is 0 Å². The average molecular weight is 815 g/mol. The summed E-state index contributed by atoms with van der Waals surface area (Å²) in [7, 11) is -8.91. The Morgan fingerprint density at radius 1 is 0.527 bits per heavy atom. The minimum absolute atomic E-state index is 0. The van der Waals surface area contributed by atoms with Gasteiger partial charge >= 0.3 is 37.7 Å². The standard InChI is InChI=1S/2C21H28N2O3S.Ca/c2*1-2-3-4-5-9-12-21-22-19-15-18(27(24,25)26)13-14-20(19)23(21)16-17-10-7-6-8-11-17;/h2*6-8,10-11,13-15,21-22H,2-5,9,12,16H2,1H3,(H,24,25,26);/q;;+2/p-2. The third kappa shape index (κ3) is 13.1. The van der Waals surface area contributed by atoms with E-state index in [4.69, 9.17) is 0 Å². The Morgan fingerprint density at radius 3 is 1.24 bits per heavy atom. The maximum Gasteiger partial charge on any atom is 2.00 e. The molecule has 2 aliphatic heterocycles. The Bertz CT molecular complexity index is 1860. The van der Waals surface area contributed by atoms with Crippen molar-refractivity contribution in [2.45, 2.75) is 126 Å². The molecule has 0 aromatic heterocycles. The molecule has 0 saturated heterocycles. The van der Waals surface area contributed by atoms with Gasteiger partial charge in [0.15, 0.2) is 0 Å². The molecule has 2 N–H and O–H groups in total. The number of benzene rings is 4. The van der Waals surface area contributed by atoms with Crippen LogP contribution in [0, 0.1) is 0 Å². The zero-order valence-electron chi connectivity index (χ0n) is 32.2. The van der Waals surface area contributed by atoms with Gasteiger partial charge in [-0.15, -0.1) is 0 Å². The van der Waals surface area contributed by atoms with Gasteiger partial charge in [0, 0.05) is 13.1 Å². The molecule has 0 spiro atoms. The fraction of sp³-hybridized carbons (Fsp3) is 0.429. The Labute approximate surface area is 358 Å². The zero-order chi connectivity index (χ0) is 38.6. The molecule has 2 unspecified atom stereocenters. The molecular formula is C42H54CaN4O6S2. The molecule has 2 aliphatic rings. The first-order valence-corrected chi connectivity index (χ1v) is 22.1. The summed E-state index contributed by atoms with van der Waals surface area (Å²) in [5.41, 5.74) is 5.74. The first kappa shape index (κ1) is 44.9. The number of nitrogens with zero attached hydrogens (tertiary/aromatic N) is 2. The molecule has 6 rings (SSSR count). The second kappa shape index (κ2) is 21.6. The van der Waals surface area contributed by atoms with Gasteiger partial charge < -0.3 is 29.5 Å². The molecule has 55 heavy (non-hydrogen) atoms. The van der Waals surface area contributed by atoms with E-state index < -0.39 is 20.2 Å². The van der Waals surface area contributed by atoms with Gasteiger partial charge in [0.25, 0.3) is 0 Å². The van der Waals surface area contributed by atoms with Crippen LogP contribution in [0.15, 0.2) is 107 Å². The second-order valence-electron chi connectivity index (χ2n) is 14.2. The van der Waals surface area contributed by atoms with Crippen molar-refractivity contribution in [2.75, 3.05) is 20.4 Å². The van der Waals surface area contributed by atoms with Crippen molar-refractivity contribution >= 4 is 80.7 Å². The third-order valence-electron chi connectivity index (χ3n) is 10.1. The topological polar surface area (TPSA) is 145 Å². The monoisotopic (exact) mass is 814 g/mol. The summed E-state index contributed by atoms with van der Waals surface area (Å²) in [6.07, 6.45) is 14.2. The van der Waals surface area contributed by atoms with Crippen LogP contribution in [0.25, 0.3) is 0 Å². The van der Waals surface area contributed by atoms with Crippen molar-refractivity contribution in [2.24, 2.45) is 0 Å². The summed E-state index contributed by atoms with van der Waals surface area (Å²) in [6, 6.07) is 29.7. The van der Waals surface area contributed by atoms with Gasteiger partial charge in [0.1, 0.15) is 20.2 Å². The maximum absolute atomic E-state index is 11.4. The number of nitrogens with one attached hydrogen (secondary N) is 2. The summed E-state index contributed by atoms with van der Waals surface area (Å²) in [4.78, 5) is 4.17. The van der Waals surface area contributed by atoms with Crippen LogP contribution in [0.5, 0.6) is 0 Å². The van der Waals surface area contributed by atoms with Crippen molar-refractivity contribution in [3.05, 3.63) is 108 Å². The molecule has 4 aromatic carbocycles. The molecule has 10 nitrogen and oxygen atoms in total. The molecule has 0 saturated carbocycles. The van der Waals surface area contributed by atoms with Gasteiger partial charge in [-0.05, 0) is 73.2 Å². The van der Waals surface area contributed by atoms with Crippen LogP contribution in [0.4, 0.5) is 22.7 Å². The summed E-state index contributed by atoms with van der Waals surface area (Å²) in [6.45, 7) is 5.89. The summed E-state index contributed by atoms with van der Waals surface area (Å²) in [5.74, 6) is 0. The number of anilines is 4. The first-order chi connectivity index (χ1) is 26.0. The quantitative estimate of drug-likeness (QED) is 0.0567. The van der Waals surface area contributed by atoms with E-state index in [-0.39, 0.29) is 59.9 Å². The molecule has 13 heteroatoms. The smallest absolute Gasteiger partial charge is 0.744 e. The van der Waals surface area contributed by atoms with Gasteiger partial charge in [-0.3, -0.25) is 0 Å². The molecule has 0 bridgehead atoms. The van der Waals surface area contributed by atoms with Crippen LogP contribution in [0.3, 0.4) is 0 Å². The van der Waals surface area contributed by atoms with Gasteiger partial charge in [-0.1, -0.05) is 126 Å². The Kier molecular flexibility index (Phi) is 17.6. The Hall–Kier alpha value is -2.84. The van der Waals surface area contributed by atoms with Crippen LogP contribution >= 0.6 is 0 Å². The van der Waals surface area contributed by atoms with E-state index in [1.165, 1.54) is 86.8 Å². The van der Waals surface area contributed by atoms with Crippen molar-refractivity contribution in [3.8, 4) is 0 Å². The molecule has 0 aliphatic carbocycles. The van der Waals surface area contributed by atoms with Crippen LogP contribution in [-0.4, -0.2) is 76.0 Å². The number of hydrogen-bond acceptors (Lipinski definition) is 10. The van der Waals surface area contributed by atoms with Gasteiger partial charge in [0.05, 0.1) is 44.9 Å². The van der Waals surface area contributed by atoms with E-state index in [2.05, 4.69) is 58.5 Å². The number of fused-ring (bicyclic) bond motifs is 2. The van der Waals surface area contributed by atoms with Gasteiger partial charge in [-0.2, -0.15) is 0 Å². The van der Waals surface area contributed by atoms with Gasteiger partial charge in [-0.25, -0.2) is 16.8 Å². The van der Waals surface area contributed by atoms with Gasteiger partial charge in [0.2, 0.25) is 0 Å². The summed E-state index contributed by atoms with van der Waals surface area (Å²) in [5, 5.41) is 6.86. The van der Waals surface area contributed by atoms with E-state index >= 15 is 0 Å². The summed E-state index contributed by atoms with van der Waals surface area (Å²) < 4.78 is 68.2. The second-order valence-corrected chi connectivity index (χ2v) is 17.0. The van der Waals surface area contributed by atoms with Crippen molar-refractivity contribution in [3.63, 3.8) is 0 Å². The molecule has 0 fully saturated rings. The van der Waals surface area contributed by atoms with Crippen LogP contribution in [-0.2, 0) is 33.3 Å². The molecule has 0 radical (unpaired) electrons. The van der Waals surface area contributed by atoms with Crippen LogP contribution < -0.4 is 20.4 Å². The maximum atomic E-state index is 11.4. The van der Waals surface area contributed by atoms with E-state index in [0.717, 1.165) is 61.5 Å². The van der Waals surface area contributed by atoms with E-state index in [1.807, 2.05) is 36.4 Å². The SMILES string of the molecule is CCCCCCCC1Nc2cc(S(=O)(=O)[O-])ccc2N1Cc1ccccc1.CCCCCCCC1Nc2cc(S(=O)(=O)[O-])ccc2N1Cc1ccccc1.[Ca+2]. The molecular weight excluding hydrogens is 761 g/mol. The molecule has 2 heterocycles. The molecule has 292 valence electrons.